The summed E-state index contributed by atoms with van der Waals surface area (Å²) in [7, 11) is 1.83. The molecule has 1 atom stereocenters. The van der Waals surface area contributed by atoms with Gasteiger partial charge in [-0.25, -0.2) is 8.42 Å². The molecular weight excluding hydrogens is 248 g/mol. The fraction of sp³-hybridized carbons (Fsp3) is 1.00. The van der Waals surface area contributed by atoms with E-state index >= 15 is 0 Å². The first-order valence-corrected chi connectivity index (χ1v) is 8.49. The second-order valence-electron chi connectivity index (χ2n) is 4.70. The lowest BCUT2D eigenvalue weighted by Crippen LogP contribution is -2.12. The molecule has 0 bridgehead atoms. The molecule has 1 saturated carbocycles. The van der Waals surface area contributed by atoms with Gasteiger partial charge in [0, 0.05) is 17.3 Å². The van der Waals surface area contributed by atoms with E-state index in [-0.39, 0.29) is 5.75 Å². The van der Waals surface area contributed by atoms with Gasteiger partial charge in [-0.1, -0.05) is 19.8 Å². The van der Waals surface area contributed by atoms with Crippen LogP contribution in [0.5, 0.6) is 0 Å². The Bertz CT molecular complexity index is 284. The Labute approximate surface area is 103 Å². The van der Waals surface area contributed by atoms with E-state index in [1.807, 2.05) is 6.92 Å². The SMILES string of the molecule is CC(CCOC1CCCC1)CCS(=O)(=O)Cl. The summed E-state index contributed by atoms with van der Waals surface area (Å²) in [6.07, 6.45) is 6.93. The van der Waals surface area contributed by atoms with Crippen LogP contribution in [0, 0.1) is 5.92 Å². The summed E-state index contributed by atoms with van der Waals surface area (Å²) in [5.74, 6) is 0.425. The van der Waals surface area contributed by atoms with Crippen LogP contribution >= 0.6 is 10.7 Å². The third-order valence-corrected chi connectivity index (χ3v) is 4.31. The van der Waals surface area contributed by atoms with Crippen molar-refractivity contribution in [3.63, 3.8) is 0 Å². The molecule has 0 aliphatic heterocycles. The van der Waals surface area contributed by atoms with Crippen LogP contribution < -0.4 is 0 Å². The zero-order valence-corrected chi connectivity index (χ0v) is 11.4. The van der Waals surface area contributed by atoms with E-state index in [0.29, 0.717) is 18.4 Å². The van der Waals surface area contributed by atoms with Crippen LogP contribution in [0.25, 0.3) is 0 Å². The molecule has 1 aliphatic rings. The molecule has 0 amide bonds. The van der Waals surface area contributed by atoms with Gasteiger partial charge in [0.05, 0.1) is 11.9 Å². The molecule has 0 saturated heterocycles. The van der Waals surface area contributed by atoms with Crippen LogP contribution in [0.15, 0.2) is 0 Å². The Morgan fingerprint density at radius 1 is 1.31 bits per heavy atom. The van der Waals surface area contributed by atoms with Gasteiger partial charge in [-0.3, -0.25) is 0 Å². The van der Waals surface area contributed by atoms with Gasteiger partial charge in [0.2, 0.25) is 9.05 Å². The molecule has 3 nitrogen and oxygen atoms in total. The van der Waals surface area contributed by atoms with Gasteiger partial charge in [-0.15, -0.1) is 0 Å². The number of halogens is 1. The van der Waals surface area contributed by atoms with E-state index < -0.39 is 9.05 Å². The second kappa shape index (κ2) is 6.82. The largest absolute Gasteiger partial charge is 0.378 e. The topological polar surface area (TPSA) is 43.4 Å². The molecular formula is C11H21ClO3S. The van der Waals surface area contributed by atoms with Crippen molar-refractivity contribution in [1.29, 1.82) is 0 Å². The van der Waals surface area contributed by atoms with E-state index in [0.717, 1.165) is 13.0 Å². The monoisotopic (exact) mass is 268 g/mol. The molecule has 1 fully saturated rings. The van der Waals surface area contributed by atoms with Gasteiger partial charge in [-0.2, -0.15) is 0 Å². The minimum atomic E-state index is -3.33. The predicted octanol–water partition coefficient (Wildman–Crippen LogP) is 2.93. The highest BCUT2D eigenvalue weighted by Gasteiger charge is 2.15. The molecule has 1 unspecified atom stereocenters. The van der Waals surface area contributed by atoms with Gasteiger partial charge in [-0.05, 0) is 31.6 Å². The zero-order valence-electron chi connectivity index (χ0n) is 9.82. The van der Waals surface area contributed by atoms with E-state index in [2.05, 4.69) is 0 Å². The molecule has 0 heterocycles. The maximum atomic E-state index is 10.8. The first kappa shape index (κ1) is 14.3. The zero-order chi connectivity index (χ0) is 12.0. The highest BCUT2D eigenvalue weighted by atomic mass is 35.7. The quantitative estimate of drug-likeness (QED) is 0.667. The van der Waals surface area contributed by atoms with Crippen LogP contribution in [0.2, 0.25) is 0 Å². The fourth-order valence-corrected chi connectivity index (χ4v) is 2.93. The molecule has 0 N–H and O–H groups in total. The van der Waals surface area contributed by atoms with Crippen LogP contribution in [0.1, 0.15) is 45.4 Å². The second-order valence-corrected chi connectivity index (χ2v) is 7.60. The molecule has 5 heteroatoms. The van der Waals surface area contributed by atoms with Crippen molar-refractivity contribution in [2.24, 2.45) is 5.92 Å². The summed E-state index contributed by atoms with van der Waals surface area (Å²) in [5.41, 5.74) is 0. The molecule has 0 aromatic rings. The number of ether oxygens (including phenoxy) is 1. The maximum absolute atomic E-state index is 10.8. The van der Waals surface area contributed by atoms with Crippen LogP contribution in [-0.4, -0.2) is 26.9 Å². The Morgan fingerprint density at radius 3 is 2.50 bits per heavy atom. The lowest BCUT2D eigenvalue weighted by atomic mass is 10.1. The summed E-state index contributed by atoms with van der Waals surface area (Å²) in [5, 5.41) is 0. The van der Waals surface area contributed by atoms with Gasteiger partial charge in [0.25, 0.3) is 0 Å². The molecule has 1 aliphatic carbocycles. The molecule has 0 aromatic carbocycles. The lowest BCUT2D eigenvalue weighted by molar-refractivity contribution is 0.0502. The standard InChI is InChI=1S/C11H21ClO3S/c1-10(7-9-16(12,13)14)6-8-15-11-4-2-3-5-11/h10-11H,2-9H2,1H3. The van der Waals surface area contributed by atoms with Gasteiger partial charge in [0.1, 0.15) is 0 Å². The van der Waals surface area contributed by atoms with Crippen LogP contribution in [-0.2, 0) is 13.8 Å². The first-order valence-electron chi connectivity index (χ1n) is 6.01. The summed E-state index contributed by atoms with van der Waals surface area (Å²) in [6, 6.07) is 0. The Hall–Kier alpha value is 0.200. The minimum absolute atomic E-state index is 0.0686. The number of hydrogen-bond donors (Lipinski definition) is 0. The Morgan fingerprint density at radius 2 is 1.94 bits per heavy atom. The van der Waals surface area contributed by atoms with E-state index in [1.165, 1.54) is 25.7 Å². The van der Waals surface area contributed by atoms with Crippen molar-refractivity contribution in [2.75, 3.05) is 12.4 Å². The van der Waals surface area contributed by atoms with Crippen LogP contribution in [0.3, 0.4) is 0 Å². The third-order valence-electron chi connectivity index (χ3n) is 3.12. The average Bonchev–Trinajstić information content (AvgIpc) is 2.66. The molecule has 0 radical (unpaired) electrons. The van der Waals surface area contributed by atoms with Gasteiger partial charge >= 0.3 is 0 Å². The predicted molar refractivity (Wildman–Crippen MR) is 66.2 cm³/mol. The molecule has 1 rings (SSSR count). The fourth-order valence-electron chi connectivity index (χ4n) is 1.98. The van der Waals surface area contributed by atoms with Crippen molar-refractivity contribution >= 4 is 19.7 Å². The normalized spacial score (nSPS) is 20.1. The third kappa shape index (κ3) is 6.71. The maximum Gasteiger partial charge on any atom is 0.232 e. The molecule has 16 heavy (non-hydrogen) atoms. The molecule has 0 aromatic heterocycles. The average molecular weight is 269 g/mol. The van der Waals surface area contributed by atoms with Crippen molar-refractivity contribution in [3.05, 3.63) is 0 Å². The number of hydrogen-bond acceptors (Lipinski definition) is 3. The van der Waals surface area contributed by atoms with Crippen molar-refractivity contribution in [3.8, 4) is 0 Å². The van der Waals surface area contributed by atoms with Crippen LogP contribution in [0.4, 0.5) is 0 Å². The van der Waals surface area contributed by atoms with Gasteiger partial charge < -0.3 is 4.74 Å². The summed E-state index contributed by atoms with van der Waals surface area (Å²) >= 11 is 0. The van der Waals surface area contributed by atoms with Crippen molar-refractivity contribution < 1.29 is 13.2 Å². The summed E-state index contributed by atoms with van der Waals surface area (Å²) in [6.45, 7) is 2.79. The molecule has 0 spiro atoms. The van der Waals surface area contributed by atoms with E-state index in [9.17, 15) is 8.42 Å². The van der Waals surface area contributed by atoms with Gasteiger partial charge in [0.15, 0.2) is 0 Å². The highest BCUT2D eigenvalue weighted by Crippen LogP contribution is 2.21. The minimum Gasteiger partial charge on any atom is -0.378 e. The van der Waals surface area contributed by atoms with Crippen molar-refractivity contribution in [1.82, 2.24) is 0 Å². The Balaban J connectivity index is 2.03. The highest BCUT2D eigenvalue weighted by molar-refractivity contribution is 8.13. The number of rotatable bonds is 7. The smallest absolute Gasteiger partial charge is 0.232 e. The Kier molecular flexibility index (Phi) is 6.08. The van der Waals surface area contributed by atoms with Crippen molar-refractivity contribution in [2.45, 2.75) is 51.6 Å². The molecule has 96 valence electrons. The van der Waals surface area contributed by atoms with E-state index in [4.69, 9.17) is 15.4 Å². The summed E-state index contributed by atoms with van der Waals surface area (Å²) in [4.78, 5) is 0. The first-order chi connectivity index (χ1) is 7.47. The lowest BCUT2D eigenvalue weighted by Gasteiger charge is -2.14. The summed E-state index contributed by atoms with van der Waals surface area (Å²) < 4.78 is 27.2. The van der Waals surface area contributed by atoms with E-state index in [1.54, 1.807) is 0 Å².